The highest BCUT2D eigenvalue weighted by Gasteiger charge is 2.57. The van der Waals surface area contributed by atoms with E-state index in [0.717, 1.165) is 38.5 Å². The van der Waals surface area contributed by atoms with Crippen LogP contribution in [-0.4, -0.2) is 44.1 Å². The Kier molecular flexibility index (Phi) is 8.33. The lowest BCUT2D eigenvalue weighted by atomic mass is 9.49. The molecule has 0 aromatic heterocycles. The Morgan fingerprint density at radius 3 is 1.39 bits per heavy atom. The lowest BCUT2D eigenvalue weighted by molar-refractivity contribution is -0.179. The molecule has 0 spiro atoms. The number of hydrogen-bond donors (Lipinski definition) is 1. The second-order valence-corrected chi connectivity index (χ2v) is 18.6. The van der Waals surface area contributed by atoms with Crippen molar-refractivity contribution in [2.24, 2.45) is 52.3 Å². The summed E-state index contributed by atoms with van der Waals surface area (Å²) in [6.45, 7) is -0.518. The number of esters is 3. The summed E-state index contributed by atoms with van der Waals surface area (Å²) in [6.07, 6.45) is 12.2. The molecule has 9 nitrogen and oxygen atoms in total. The molecule has 8 aliphatic carbocycles. The molecule has 0 heterocycles. The van der Waals surface area contributed by atoms with E-state index >= 15 is 0 Å². The molecule has 12 heteroatoms. The van der Waals surface area contributed by atoms with Crippen LogP contribution in [0.4, 0.5) is 0 Å². The Balaban J connectivity index is 1.07. The van der Waals surface area contributed by atoms with E-state index in [1.165, 1.54) is 50.7 Å². The Hall–Kier alpha value is -1.00. The van der Waals surface area contributed by atoms with E-state index in [0.29, 0.717) is 35.5 Å². The zero-order valence-corrected chi connectivity index (χ0v) is 29.6. The fourth-order valence-corrected chi connectivity index (χ4v) is 14.6. The van der Waals surface area contributed by atoms with Crippen LogP contribution in [0.1, 0.15) is 77.0 Å². The number of hydrogen-bond acceptors (Lipinski definition) is 8. The van der Waals surface area contributed by atoms with Crippen LogP contribution in [-0.2, 0) is 34.0 Å². The maximum Gasteiger partial charge on any atom is 0.321 e. The average Bonchev–Trinajstić information content (AvgIpc) is 2.90. The molecule has 0 saturated heterocycles. The van der Waals surface area contributed by atoms with E-state index in [-0.39, 0.29) is 42.9 Å². The largest absolute Gasteiger partial charge is 0.464 e. The second-order valence-electron chi connectivity index (χ2n) is 14.9. The molecule has 0 unspecified atom stereocenters. The summed E-state index contributed by atoms with van der Waals surface area (Å²) >= 11 is 3.53. The van der Waals surface area contributed by atoms with Crippen LogP contribution in [0.25, 0.3) is 0 Å². The molecule has 0 radical (unpaired) electrons. The van der Waals surface area contributed by atoms with E-state index in [1.807, 2.05) is 0 Å². The van der Waals surface area contributed by atoms with Crippen LogP contribution in [0, 0.1) is 59.4 Å². The van der Waals surface area contributed by atoms with Crippen molar-refractivity contribution >= 4 is 73.2 Å². The van der Waals surface area contributed by atoms with Gasteiger partial charge in [0.25, 0.3) is 10.1 Å². The number of rotatable bonds is 9. The molecule has 1 N–H and O–H groups in total. The first-order chi connectivity index (χ1) is 20.8. The molecular weight excluding hydrogens is 814 g/mol. The van der Waals surface area contributed by atoms with Crippen molar-refractivity contribution in [2.75, 3.05) is 13.2 Å². The minimum Gasteiger partial charge on any atom is -0.464 e. The minimum absolute atomic E-state index is 0.0843. The molecule has 8 aliphatic rings. The van der Waals surface area contributed by atoms with Gasteiger partial charge >= 0.3 is 17.9 Å². The van der Waals surface area contributed by atoms with Gasteiger partial charge < -0.3 is 14.2 Å². The first kappa shape index (κ1) is 31.6. The molecule has 9 rings (SSSR count). The maximum atomic E-state index is 13.6. The van der Waals surface area contributed by atoms with Gasteiger partial charge in [0.15, 0.2) is 0 Å². The van der Waals surface area contributed by atoms with Crippen LogP contribution < -0.4 is 4.74 Å². The van der Waals surface area contributed by atoms with Crippen molar-refractivity contribution in [3.8, 4) is 5.75 Å². The van der Waals surface area contributed by atoms with Crippen molar-refractivity contribution in [3.63, 3.8) is 0 Å². The molecule has 0 atom stereocenters. The summed E-state index contributed by atoms with van der Waals surface area (Å²) in [5.41, 5.74) is -0.978. The van der Waals surface area contributed by atoms with Crippen LogP contribution in [0.15, 0.2) is 17.0 Å². The third-order valence-corrected chi connectivity index (χ3v) is 14.9. The van der Waals surface area contributed by atoms with Gasteiger partial charge in [0.1, 0.15) is 29.8 Å². The lowest BCUT2D eigenvalue weighted by Crippen LogP contribution is -2.51. The lowest BCUT2D eigenvalue weighted by Gasteiger charge is -2.55. The molecule has 8 fully saturated rings. The predicted octanol–water partition coefficient (Wildman–Crippen LogP) is 6.18. The molecule has 240 valence electrons. The van der Waals surface area contributed by atoms with Gasteiger partial charge in [-0.25, -0.2) is 0 Å². The summed E-state index contributed by atoms with van der Waals surface area (Å²) in [7, 11) is -4.47. The Bertz CT molecular complexity index is 1330. The first-order valence-electron chi connectivity index (χ1n) is 15.8. The summed E-state index contributed by atoms with van der Waals surface area (Å²) < 4.78 is 51.1. The summed E-state index contributed by atoms with van der Waals surface area (Å²) in [5.74, 6) is 1.16. The highest BCUT2D eigenvalue weighted by atomic mass is 127. The number of ether oxygens (including phenoxy) is 3. The molecular formula is C32H38I2O9S. The van der Waals surface area contributed by atoms with Gasteiger partial charge in [-0.1, -0.05) is 0 Å². The van der Waals surface area contributed by atoms with Gasteiger partial charge in [-0.3, -0.25) is 18.9 Å². The Morgan fingerprint density at radius 1 is 0.727 bits per heavy atom. The predicted molar refractivity (Wildman–Crippen MR) is 174 cm³/mol. The van der Waals surface area contributed by atoms with E-state index in [2.05, 4.69) is 0 Å². The topological polar surface area (TPSA) is 133 Å². The summed E-state index contributed by atoms with van der Waals surface area (Å²) in [6, 6.07) is 2.70. The van der Waals surface area contributed by atoms with Crippen LogP contribution in [0.2, 0.25) is 0 Å². The molecule has 8 saturated carbocycles. The van der Waals surface area contributed by atoms with Crippen LogP contribution in [0.3, 0.4) is 0 Å². The monoisotopic (exact) mass is 852 g/mol. The molecule has 44 heavy (non-hydrogen) atoms. The Labute approximate surface area is 285 Å². The number of carbonyl (C=O) groups is 3. The molecule has 8 bridgehead atoms. The third kappa shape index (κ3) is 5.95. The Morgan fingerprint density at radius 2 is 1.07 bits per heavy atom. The van der Waals surface area contributed by atoms with Gasteiger partial charge in [-0.15, -0.1) is 0 Å². The fraction of sp³-hybridized carbons (Fsp3) is 0.719. The normalized spacial score (nSPS) is 37.1. The SMILES string of the molecule is O=C(Oc1cc(I)c(S(=O)(=O)O)c(I)c1)C(COC(=O)C12CC3CC(CC(C3)C1)C2)COC(=O)C12CC3CC(CC(C3)C1)C2. The van der Waals surface area contributed by atoms with E-state index in [1.54, 1.807) is 45.2 Å². The zero-order valence-electron chi connectivity index (χ0n) is 24.5. The van der Waals surface area contributed by atoms with Gasteiger partial charge in [-0.05, 0) is 170 Å². The first-order valence-corrected chi connectivity index (χ1v) is 19.4. The molecule has 1 aromatic carbocycles. The van der Waals surface area contributed by atoms with Crippen molar-refractivity contribution in [1.29, 1.82) is 0 Å². The van der Waals surface area contributed by atoms with Gasteiger partial charge in [-0.2, -0.15) is 8.42 Å². The molecule has 1 aromatic rings. The number of carbonyl (C=O) groups excluding carboxylic acids is 3. The van der Waals surface area contributed by atoms with E-state index in [4.69, 9.17) is 14.2 Å². The highest BCUT2D eigenvalue weighted by Crippen LogP contribution is 2.61. The van der Waals surface area contributed by atoms with Crippen molar-refractivity contribution < 1.29 is 41.6 Å². The minimum atomic E-state index is -4.47. The average molecular weight is 853 g/mol. The summed E-state index contributed by atoms with van der Waals surface area (Å²) in [4.78, 5) is 40.5. The highest BCUT2D eigenvalue weighted by molar-refractivity contribution is 14.1. The fourth-order valence-electron chi connectivity index (χ4n) is 10.6. The van der Waals surface area contributed by atoms with E-state index < -0.39 is 32.8 Å². The number of benzene rings is 1. The zero-order chi connectivity index (χ0) is 31.0. The van der Waals surface area contributed by atoms with Gasteiger partial charge in [0, 0.05) is 7.14 Å². The third-order valence-electron chi connectivity index (χ3n) is 11.6. The van der Waals surface area contributed by atoms with Crippen molar-refractivity contribution in [1.82, 2.24) is 0 Å². The van der Waals surface area contributed by atoms with Crippen molar-refractivity contribution in [2.45, 2.75) is 81.9 Å². The maximum absolute atomic E-state index is 13.6. The van der Waals surface area contributed by atoms with Gasteiger partial charge in [0.2, 0.25) is 0 Å². The smallest absolute Gasteiger partial charge is 0.321 e. The summed E-state index contributed by atoms with van der Waals surface area (Å²) in [5, 5.41) is 0. The number of halogens is 2. The van der Waals surface area contributed by atoms with Gasteiger partial charge in [0.05, 0.1) is 10.8 Å². The second kappa shape index (κ2) is 11.6. The van der Waals surface area contributed by atoms with Crippen molar-refractivity contribution in [3.05, 3.63) is 19.3 Å². The quantitative estimate of drug-likeness (QED) is 0.134. The molecule has 0 amide bonds. The van der Waals surface area contributed by atoms with Crippen LogP contribution in [0.5, 0.6) is 5.75 Å². The van der Waals surface area contributed by atoms with E-state index in [9.17, 15) is 27.4 Å². The van der Waals surface area contributed by atoms with Crippen LogP contribution >= 0.6 is 45.2 Å². The molecule has 0 aliphatic heterocycles. The standard InChI is InChI=1S/C32H38I2O9S/c33-25-7-24(8-26(34)27(25)44(38,39)40)43-28(35)23(15-41-29(36)31-9-17-1-18(10-31)3-19(2-17)11-31)16-42-30(37)32-12-20-4-21(13-32)6-22(5-20)14-32/h7-8,17-23H,1-6,9-16H2,(H,38,39,40).